The Morgan fingerprint density at radius 3 is 1.96 bits per heavy atom. The second-order valence-electron chi connectivity index (χ2n) is 11.7. The van der Waals surface area contributed by atoms with Gasteiger partial charge in [-0.2, -0.15) is 11.8 Å². The molecule has 2 heteroatoms. The van der Waals surface area contributed by atoms with Crippen molar-refractivity contribution in [3.05, 3.63) is 0 Å². The lowest BCUT2D eigenvalue weighted by molar-refractivity contribution is 0.184. The van der Waals surface area contributed by atoms with Gasteiger partial charge in [-0.25, -0.2) is 0 Å². The van der Waals surface area contributed by atoms with Crippen LogP contribution >= 0.6 is 21.0 Å². The summed E-state index contributed by atoms with van der Waals surface area (Å²) in [5.74, 6) is 4.68. The lowest BCUT2D eigenvalue weighted by atomic mass is 9.72. The standard InChI is InChI=1S/C26H51PS/c1-20-8-6-10-23-11-7-9-21(2)15-25(28-19-27)16-24(13-12-23)18-26(4,5)17-22(3)14-20/h20-25H,6-19,27H2,1-5H3/t20?,21?,22?,23-,24-,25?/m1/s1. The van der Waals surface area contributed by atoms with Gasteiger partial charge in [0.25, 0.3) is 0 Å². The average Bonchev–Trinajstić information content (AvgIpc) is 2.58. The van der Waals surface area contributed by atoms with Crippen LogP contribution in [0, 0.1) is 35.0 Å². The van der Waals surface area contributed by atoms with Gasteiger partial charge in [-0.05, 0) is 67.1 Å². The van der Waals surface area contributed by atoms with Gasteiger partial charge in [0, 0.05) is 10.7 Å². The molecule has 0 aliphatic heterocycles. The Labute approximate surface area is 184 Å². The summed E-state index contributed by atoms with van der Waals surface area (Å²) in [6.07, 6.45) is 19.2. The van der Waals surface area contributed by atoms with Gasteiger partial charge in [-0.1, -0.05) is 86.0 Å². The Hall–Kier alpha value is 0.780. The van der Waals surface area contributed by atoms with Crippen LogP contribution in [0.1, 0.15) is 118 Å². The largest absolute Gasteiger partial charge is 0.154 e. The summed E-state index contributed by atoms with van der Waals surface area (Å²) in [6.45, 7) is 12.7. The van der Waals surface area contributed by atoms with Crippen LogP contribution in [0.2, 0.25) is 0 Å². The molecule has 0 aromatic rings. The van der Waals surface area contributed by atoms with E-state index < -0.39 is 0 Å². The molecule has 2 bridgehead atoms. The minimum atomic E-state index is 0.509. The second kappa shape index (κ2) is 12.6. The van der Waals surface area contributed by atoms with E-state index in [-0.39, 0.29) is 0 Å². The van der Waals surface area contributed by atoms with Gasteiger partial charge in [-0.15, -0.1) is 9.24 Å². The van der Waals surface area contributed by atoms with Crippen molar-refractivity contribution >= 4 is 21.0 Å². The molecule has 0 aromatic carbocycles. The molecule has 2 aliphatic carbocycles. The quantitative estimate of drug-likeness (QED) is 0.396. The molecule has 0 spiro atoms. The molecular weight excluding hydrogens is 375 g/mol. The predicted octanol–water partition coefficient (Wildman–Crippen LogP) is 9.19. The molecule has 2 fully saturated rings. The van der Waals surface area contributed by atoms with E-state index in [1.54, 1.807) is 0 Å². The lowest BCUT2D eigenvalue weighted by Crippen LogP contribution is -2.24. The molecule has 2 saturated carbocycles. The van der Waals surface area contributed by atoms with Crippen LogP contribution in [0.3, 0.4) is 0 Å². The molecule has 7 atom stereocenters. The van der Waals surface area contributed by atoms with Crippen molar-refractivity contribution in [2.75, 3.05) is 5.49 Å². The van der Waals surface area contributed by atoms with Crippen molar-refractivity contribution in [3.63, 3.8) is 0 Å². The normalized spacial score (nSPS) is 39.2. The molecule has 2 rings (SSSR count). The highest BCUT2D eigenvalue weighted by Crippen LogP contribution is 2.42. The zero-order chi connectivity index (χ0) is 20.6. The van der Waals surface area contributed by atoms with Crippen LogP contribution in [0.15, 0.2) is 0 Å². The maximum Gasteiger partial charge on any atom is 0.00816 e. The molecule has 0 nitrogen and oxygen atoms in total. The van der Waals surface area contributed by atoms with Gasteiger partial charge < -0.3 is 0 Å². The van der Waals surface area contributed by atoms with E-state index in [0.717, 1.165) is 34.8 Å². The zero-order valence-corrected chi connectivity index (χ0v) is 21.8. The molecule has 0 saturated heterocycles. The molecule has 2 aliphatic rings. The van der Waals surface area contributed by atoms with E-state index in [1.165, 1.54) is 89.0 Å². The zero-order valence-electron chi connectivity index (χ0n) is 19.8. The van der Waals surface area contributed by atoms with Gasteiger partial charge in [0.05, 0.1) is 0 Å². The second-order valence-corrected chi connectivity index (χ2v) is 14.1. The minimum Gasteiger partial charge on any atom is -0.154 e. The molecule has 5 unspecified atom stereocenters. The average molecular weight is 427 g/mol. The summed E-state index contributed by atoms with van der Waals surface area (Å²) in [5, 5.41) is 0.887. The van der Waals surface area contributed by atoms with E-state index in [2.05, 4.69) is 55.6 Å². The highest BCUT2D eigenvalue weighted by atomic mass is 32.2. The molecule has 166 valence electrons. The van der Waals surface area contributed by atoms with Gasteiger partial charge >= 0.3 is 0 Å². The molecule has 0 heterocycles. The third-order valence-electron chi connectivity index (χ3n) is 7.74. The van der Waals surface area contributed by atoms with Crippen LogP contribution in [-0.4, -0.2) is 10.7 Å². The summed E-state index contributed by atoms with van der Waals surface area (Å²) in [5.41, 5.74) is 1.72. The topological polar surface area (TPSA) is 0 Å². The Balaban J connectivity index is 2.18. The maximum absolute atomic E-state index is 2.97. The summed E-state index contributed by atoms with van der Waals surface area (Å²) in [4.78, 5) is 0. The fraction of sp³-hybridized carbons (Fsp3) is 1.00. The van der Waals surface area contributed by atoms with E-state index in [0.29, 0.717) is 5.41 Å². The number of fused-ring (bicyclic) bond motifs is 3. The van der Waals surface area contributed by atoms with Crippen molar-refractivity contribution in [2.45, 2.75) is 123 Å². The molecule has 0 N–H and O–H groups in total. The maximum atomic E-state index is 2.97. The SMILES string of the molecule is CC1CCC[C@@H]2CCCC(C)CC(SCP)C[C@@H](CC2)CC(C)(C)CC(C)C1. The Morgan fingerprint density at radius 1 is 0.714 bits per heavy atom. The number of hydrogen-bond acceptors (Lipinski definition) is 1. The van der Waals surface area contributed by atoms with E-state index in [9.17, 15) is 0 Å². The highest BCUT2D eigenvalue weighted by molar-refractivity contribution is 8.02. The van der Waals surface area contributed by atoms with Crippen molar-refractivity contribution in [1.29, 1.82) is 0 Å². The summed E-state index contributed by atoms with van der Waals surface area (Å²) >= 11 is 2.23. The van der Waals surface area contributed by atoms with Gasteiger partial charge in [0.1, 0.15) is 0 Å². The van der Waals surface area contributed by atoms with Gasteiger partial charge in [0.2, 0.25) is 0 Å². The monoisotopic (exact) mass is 426 g/mol. The van der Waals surface area contributed by atoms with Gasteiger partial charge in [0.15, 0.2) is 0 Å². The van der Waals surface area contributed by atoms with Crippen LogP contribution in [0.5, 0.6) is 0 Å². The van der Waals surface area contributed by atoms with Crippen molar-refractivity contribution < 1.29 is 0 Å². The fourth-order valence-electron chi connectivity index (χ4n) is 6.72. The van der Waals surface area contributed by atoms with Crippen molar-refractivity contribution in [1.82, 2.24) is 0 Å². The predicted molar refractivity (Wildman–Crippen MR) is 134 cm³/mol. The van der Waals surface area contributed by atoms with Crippen molar-refractivity contribution in [3.8, 4) is 0 Å². The van der Waals surface area contributed by atoms with Crippen LogP contribution < -0.4 is 0 Å². The molecule has 0 aromatic heterocycles. The molecular formula is C26H51PS. The Bertz CT molecular complexity index is 421. The van der Waals surface area contributed by atoms with E-state index in [4.69, 9.17) is 0 Å². The Morgan fingerprint density at radius 2 is 1.32 bits per heavy atom. The number of thioether (sulfide) groups is 1. The van der Waals surface area contributed by atoms with Crippen LogP contribution in [-0.2, 0) is 0 Å². The molecule has 0 radical (unpaired) electrons. The van der Waals surface area contributed by atoms with E-state index >= 15 is 0 Å². The highest BCUT2D eigenvalue weighted by Gasteiger charge is 2.29. The first-order chi connectivity index (χ1) is 13.3. The number of rotatable bonds is 2. The molecule has 28 heavy (non-hydrogen) atoms. The smallest absolute Gasteiger partial charge is 0.00816 e. The minimum absolute atomic E-state index is 0.509. The third-order valence-corrected chi connectivity index (χ3v) is 9.37. The lowest BCUT2D eigenvalue weighted by Gasteiger charge is -2.34. The first kappa shape index (κ1) is 25.0. The van der Waals surface area contributed by atoms with Crippen LogP contribution in [0.25, 0.3) is 0 Å². The van der Waals surface area contributed by atoms with E-state index in [1.807, 2.05) is 0 Å². The fourth-order valence-corrected chi connectivity index (χ4v) is 8.68. The first-order valence-corrected chi connectivity index (χ1v) is 14.5. The van der Waals surface area contributed by atoms with Crippen molar-refractivity contribution in [2.24, 2.45) is 35.0 Å². The molecule has 0 amide bonds. The number of hydrogen-bond donors (Lipinski definition) is 0. The summed E-state index contributed by atoms with van der Waals surface area (Å²) < 4.78 is 0. The summed E-state index contributed by atoms with van der Waals surface area (Å²) in [6, 6.07) is 0. The first-order valence-electron chi connectivity index (χ1n) is 12.6. The third kappa shape index (κ3) is 9.73. The van der Waals surface area contributed by atoms with Crippen LogP contribution in [0.4, 0.5) is 0 Å². The Kier molecular flexibility index (Phi) is 11.3. The van der Waals surface area contributed by atoms with Gasteiger partial charge in [-0.3, -0.25) is 0 Å². The summed E-state index contributed by atoms with van der Waals surface area (Å²) in [7, 11) is 2.97.